The van der Waals surface area contributed by atoms with Crippen LogP contribution in [0, 0.1) is 11.3 Å². The molecule has 1 saturated heterocycles. The topological polar surface area (TPSA) is 73.2 Å². The fraction of sp³-hybridized carbons (Fsp3) is 0.188. The molecule has 1 N–H and O–H groups in total. The summed E-state index contributed by atoms with van der Waals surface area (Å²) >= 11 is 6.35. The Morgan fingerprint density at radius 2 is 2.08 bits per heavy atom. The second kappa shape index (κ2) is 7.38. The molecule has 1 aromatic carbocycles. The minimum atomic E-state index is -0.503. The molecule has 1 aliphatic rings. The van der Waals surface area contributed by atoms with Crippen molar-refractivity contribution in [2.75, 3.05) is 16.9 Å². The zero-order chi connectivity index (χ0) is 17.1. The molecule has 24 heavy (non-hydrogen) atoms. The Balaban J connectivity index is 1.71. The molecule has 1 atom stereocenters. The smallest absolute Gasteiger partial charge is 0.256 e. The van der Waals surface area contributed by atoms with Gasteiger partial charge in [0.25, 0.3) is 5.91 Å². The summed E-state index contributed by atoms with van der Waals surface area (Å²) in [6.07, 6.45) is 0. The van der Waals surface area contributed by atoms with E-state index in [2.05, 4.69) is 21.2 Å². The zero-order valence-corrected chi connectivity index (χ0v) is 15.6. The van der Waals surface area contributed by atoms with Gasteiger partial charge in [0.05, 0.1) is 26.9 Å². The van der Waals surface area contributed by atoms with Gasteiger partial charge in [0.15, 0.2) is 0 Å². The van der Waals surface area contributed by atoms with E-state index in [1.54, 1.807) is 52.4 Å². The molecule has 8 heteroatoms. The van der Waals surface area contributed by atoms with Gasteiger partial charge in [-0.1, -0.05) is 0 Å². The molecule has 0 spiro atoms. The molecule has 0 radical (unpaired) electrons. The molecule has 0 saturated carbocycles. The van der Waals surface area contributed by atoms with E-state index < -0.39 is 6.04 Å². The number of rotatable bonds is 3. The summed E-state index contributed by atoms with van der Waals surface area (Å²) < 4.78 is 0.885. The van der Waals surface area contributed by atoms with Crippen LogP contribution in [0.15, 0.2) is 39.5 Å². The number of halogens is 1. The van der Waals surface area contributed by atoms with Crippen LogP contribution in [0.2, 0.25) is 0 Å². The van der Waals surface area contributed by atoms with Crippen LogP contribution in [-0.2, 0) is 4.79 Å². The second-order valence-electron chi connectivity index (χ2n) is 5.11. The molecule has 122 valence electrons. The molecule has 2 heterocycles. The maximum atomic E-state index is 12.6. The number of anilines is 1. The van der Waals surface area contributed by atoms with E-state index >= 15 is 0 Å². The standard InChI is InChI=1S/C16H12BrN3O2S2/c17-14-5-11(7-24-14)16(22)20-9-23-8-13(20)15(21)19-12-3-1-10(6-18)2-4-12/h1-5,7,13H,8-9H2,(H,19,21). The third kappa shape index (κ3) is 3.64. The van der Waals surface area contributed by atoms with Gasteiger partial charge in [-0.2, -0.15) is 5.26 Å². The number of benzene rings is 1. The van der Waals surface area contributed by atoms with Gasteiger partial charge < -0.3 is 10.2 Å². The summed E-state index contributed by atoms with van der Waals surface area (Å²) in [5, 5.41) is 13.4. The van der Waals surface area contributed by atoms with Crippen molar-refractivity contribution in [3.63, 3.8) is 0 Å². The summed E-state index contributed by atoms with van der Waals surface area (Å²) in [5.41, 5.74) is 1.73. The highest BCUT2D eigenvalue weighted by atomic mass is 79.9. The lowest BCUT2D eigenvalue weighted by atomic mass is 10.2. The van der Waals surface area contributed by atoms with Crippen LogP contribution < -0.4 is 5.32 Å². The first-order chi connectivity index (χ1) is 11.6. The average Bonchev–Trinajstić information content (AvgIpc) is 3.24. The molecule has 5 nitrogen and oxygen atoms in total. The minimum absolute atomic E-state index is 0.137. The van der Waals surface area contributed by atoms with Crippen LogP contribution in [0.4, 0.5) is 5.69 Å². The number of nitrogens with zero attached hydrogens (tertiary/aromatic N) is 2. The van der Waals surface area contributed by atoms with Gasteiger partial charge in [-0.25, -0.2) is 0 Å². The Morgan fingerprint density at radius 1 is 1.33 bits per heavy atom. The van der Waals surface area contributed by atoms with Gasteiger partial charge in [0, 0.05) is 16.8 Å². The van der Waals surface area contributed by atoms with Crippen LogP contribution in [0.1, 0.15) is 15.9 Å². The molecular weight excluding hydrogens is 410 g/mol. The molecule has 1 aromatic heterocycles. The normalized spacial score (nSPS) is 16.7. The number of hydrogen-bond acceptors (Lipinski definition) is 5. The summed E-state index contributed by atoms with van der Waals surface area (Å²) in [7, 11) is 0. The van der Waals surface area contributed by atoms with Crippen LogP contribution >= 0.6 is 39.0 Å². The predicted molar refractivity (Wildman–Crippen MR) is 99.1 cm³/mol. The van der Waals surface area contributed by atoms with Crippen LogP contribution in [0.3, 0.4) is 0 Å². The van der Waals surface area contributed by atoms with Gasteiger partial charge in [-0.05, 0) is 46.3 Å². The first-order valence-electron chi connectivity index (χ1n) is 7.02. The maximum absolute atomic E-state index is 12.6. The summed E-state index contributed by atoms with van der Waals surface area (Å²) in [6, 6.07) is 9.95. The molecule has 1 aliphatic heterocycles. The van der Waals surface area contributed by atoms with Crippen molar-refractivity contribution < 1.29 is 9.59 Å². The molecule has 3 rings (SSSR count). The van der Waals surface area contributed by atoms with E-state index in [4.69, 9.17) is 5.26 Å². The first kappa shape index (κ1) is 17.0. The highest BCUT2D eigenvalue weighted by molar-refractivity contribution is 9.11. The first-order valence-corrected chi connectivity index (χ1v) is 9.85. The number of carbonyl (C=O) groups is 2. The third-order valence-electron chi connectivity index (χ3n) is 3.54. The Hall–Kier alpha value is -1.82. The lowest BCUT2D eigenvalue weighted by Crippen LogP contribution is -2.44. The Bertz CT molecular complexity index is 813. The number of thiophene rings is 1. The Morgan fingerprint density at radius 3 is 2.71 bits per heavy atom. The molecule has 0 aliphatic carbocycles. The van der Waals surface area contributed by atoms with Crippen molar-refractivity contribution in [3.05, 3.63) is 50.6 Å². The van der Waals surface area contributed by atoms with Gasteiger partial charge in [0.2, 0.25) is 5.91 Å². The van der Waals surface area contributed by atoms with E-state index in [0.29, 0.717) is 28.4 Å². The molecule has 1 unspecified atom stereocenters. The van der Waals surface area contributed by atoms with Crippen molar-refractivity contribution in [3.8, 4) is 6.07 Å². The monoisotopic (exact) mass is 421 g/mol. The average molecular weight is 422 g/mol. The van der Waals surface area contributed by atoms with Crippen molar-refractivity contribution in [1.29, 1.82) is 5.26 Å². The number of nitriles is 1. The highest BCUT2D eigenvalue weighted by Gasteiger charge is 2.35. The van der Waals surface area contributed by atoms with Gasteiger partial charge in [-0.3, -0.25) is 9.59 Å². The van der Waals surface area contributed by atoms with Gasteiger partial charge in [0.1, 0.15) is 6.04 Å². The quantitative estimate of drug-likeness (QED) is 0.822. The van der Waals surface area contributed by atoms with Gasteiger partial charge >= 0.3 is 0 Å². The molecule has 2 amide bonds. The molecule has 1 fully saturated rings. The fourth-order valence-corrected chi connectivity index (χ4v) is 4.59. The molecule has 0 bridgehead atoms. The highest BCUT2D eigenvalue weighted by Crippen LogP contribution is 2.27. The lowest BCUT2D eigenvalue weighted by Gasteiger charge is -2.22. The summed E-state index contributed by atoms with van der Waals surface area (Å²) in [4.78, 5) is 26.7. The molecular formula is C16H12BrN3O2S2. The van der Waals surface area contributed by atoms with E-state index in [0.717, 1.165) is 3.79 Å². The summed E-state index contributed by atoms with van der Waals surface area (Å²) in [5.74, 6) is 0.714. The predicted octanol–water partition coefficient (Wildman–Crippen LogP) is 3.54. The second-order valence-corrected chi connectivity index (χ2v) is 8.40. The van der Waals surface area contributed by atoms with E-state index in [1.807, 2.05) is 6.07 Å². The maximum Gasteiger partial charge on any atom is 0.256 e. The number of carbonyl (C=O) groups excluding carboxylic acids is 2. The number of thioether (sulfide) groups is 1. The minimum Gasteiger partial charge on any atom is -0.324 e. The third-order valence-corrected chi connectivity index (χ3v) is 6.06. The van der Waals surface area contributed by atoms with E-state index in [1.165, 1.54) is 11.3 Å². The Kier molecular flexibility index (Phi) is 5.23. The van der Waals surface area contributed by atoms with Crippen molar-refractivity contribution in [2.24, 2.45) is 0 Å². The van der Waals surface area contributed by atoms with Crippen molar-refractivity contribution in [2.45, 2.75) is 6.04 Å². The van der Waals surface area contributed by atoms with Crippen LogP contribution in [-0.4, -0.2) is 34.4 Å². The summed E-state index contributed by atoms with van der Waals surface area (Å²) in [6.45, 7) is 0. The van der Waals surface area contributed by atoms with E-state index in [9.17, 15) is 9.59 Å². The number of amides is 2. The fourth-order valence-electron chi connectivity index (χ4n) is 2.30. The molecule has 2 aromatic rings. The SMILES string of the molecule is N#Cc1ccc(NC(=O)C2CSCN2C(=O)c2csc(Br)c2)cc1. The number of nitrogens with one attached hydrogen (secondary N) is 1. The van der Waals surface area contributed by atoms with Crippen molar-refractivity contribution >= 4 is 56.5 Å². The van der Waals surface area contributed by atoms with Crippen LogP contribution in [0.25, 0.3) is 0 Å². The van der Waals surface area contributed by atoms with Gasteiger partial charge in [-0.15, -0.1) is 23.1 Å². The Labute approximate surface area is 155 Å². The van der Waals surface area contributed by atoms with Crippen LogP contribution in [0.5, 0.6) is 0 Å². The number of hydrogen-bond donors (Lipinski definition) is 1. The zero-order valence-electron chi connectivity index (χ0n) is 12.4. The van der Waals surface area contributed by atoms with E-state index in [-0.39, 0.29) is 11.8 Å². The largest absolute Gasteiger partial charge is 0.324 e. The van der Waals surface area contributed by atoms with Crippen molar-refractivity contribution in [1.82, 2.24) is 4.90 Å². The lowest BCUT2D eigenvalue weighted by molar-refractivity contribution is -0.119.